The highest BCUT2D eigenvalue weighted by atomic mass is 16.5. The maximum atomic E-state index is 11.7. The van der Waals surface area contributed by atoms with E-state index < -0.39 is 0 Å². The first-order valence-electron chi connectivity index (χ1n) is 7.06. The summed E-state index contributed by atoms with van der Waals surface area (Å²) >= 11 is 0. The summed E-state index contributed by atoms with van der Waals surface area (Å²) in [5.41, 5.74) is 0.824. The molecule has 0 bridgehead atoms. The van der Waals surface area contributed by atoms with Crippen LogP contribution in [0.25, 0.3) is 0 Å². The van der Waals surface area contributed by atoms with Crippen molar-refractivity contribution in [3.8, 4) is 5.75 Å². The van der Waals surface area contributed by atoms with Crippen LogP contribution in [0.3, 0.4) is 0 Å². The van der Waals surface area contributed by atoms with Gasteiger partial charge in [-0.1, -0.05) is 18.2 Å². The van der Waals surface area contributed by atoms with E-state index in [1.807, 2.05) is 45.0 Å². The van der Waals surface area contributed by atoms with Gasteiger partial charge in [-0.2, -0.15) is 0 Å². The summed E-state index contributed by atoms with van der Waals surface area (Å²) in [5.74, 6) is 0.548. The average Bonchev–Trinajstić information content (AvgIpc) is 2.42. The van der Waals surface area contributed by atoms with Gasteiger partial charge in [-0.05, 0) is 44.9 Å². The van der Waals surface area contributed by atoms with Crippen molar-refractivity contribution in [2.45, 2.75) is 38.8 Å². The van der Waals surface area contributed by atoms with Crippen molar-refractivity contribution in [3.63, 3.8) is 0 Å². The number of hydrogen-bond acceptors (Lipinski definition) is 4. The Labute approximate surface area is 127 Å². The zero-order valence-corrected chi connectivity index (χ0v) is 13.3. The van der Waals surface area contributed by atoms with Gasteiger partial charge in [0.1, 0.15) is 17.4 Å². The quantitative estimate of drug-likeness (QED) is 0.620. The fourth-order valence-corrected chi connectivity index (χ4v) is 1.89. The van der Waals surface area contributed by atoms with Gasteiger partial charge in [0.2, 0.25) is 0 Å². The van der Waals surface area contributed by atoms with Gasteiger partial charge in [-0.25, -0.2) is 0 Å². The van der Waals surface area contributed by atoms with Crippen LogP contribution in [-0.4, -0.2) is 31.3 Å². The van der Waals surface area contributed by atoms with Crippen LogP contribution in [-0.2, 0) is 16.0 Å². The lowest BCUT2D eigenvalue weighted by Crippen LogP contribution is -2.39. The molecule has 0 fully saturated rings. The lowest BCUT2D eigenvalue weighted by molar-refractivity contribution is -0.143. The molecular formula is C17H25NO3. The van der Waals surface area contributed by atoms with E-state index in [0.29, 0.717) is 13.0 Å². The van der Waals surface area contributed by atoms with Crippen LogP contribution in [0.15, 0.2) is 36.9 Å². The minimum absolute atomic E-state index is 0.221. The molecule has 0 aromatic heterocycles. The molecule has 0 aliphatic heterocycles. The van der Waals surface area contributed by atoms with Crippen molar-refractivity contribution >= 4 is 5.97 Å². The Kier molecular flexibility index (Phi) is 6.43. The van der Waals surface area contributed by atoms with E-state index in [0.717, 1.165) is 11.3 Å². The van der Waals surface area contributed by atoms with E-state index in [1.165, 1.54) is 7.11 Å². The summed E-state index contributed by atoms with van der Waals surface area (Å²) in [6, 6.07) is 7.40. The van der Waals surface area contributed by atoms with Crippen molar-refractivity contribution in [2.24, 2.45) is 0 Å². The molecule has 0 aliphatic rings. The molecule has 0 spiro atoms. The first kappa shape index (κ1) is 17.2. The fraction of sp³-hybridized carbons (Fsp3) is 0.471. The topological polar surface area (TPSA) is 47.6 Å². The van der Waals surface area contributed by atoms with Crippen LogP contribution in [0.2, 0.25) is 0 Å². The summed E-state index contributed by atoms with van der Waals surface area (Å²) < 4.78 is 10.6. The standard InChI is InChI=1S/C17H25NO3/c1-6-11-18-15(16(19)20-5)12-13-7-9-14(10-8-13)21-17(2,3)4/h6-10,15,18H,1,11-12H2,2-5H3/t15-/m0/s1. The predicted octanol–water partition coefficient (Wildman–Crippen LogP) is 2.72. The molecule has 0 heterocycles. The first-order valence-corrected chi connectivity index (χ1v) is 7.06. The van der Waals surface area contributed by atoms with Crippen LogP contribution in [0.4, 0.5) is 0 Å². The van der Waals surface area contributed by atoms with Crippen molar-refractivity contribution in [3.05, 3.63) is 42.5 Å². The number of benzene rings is 1. The van der Waals surface area contributed by atoms with Crippen molar-refractivity contribution < 1.29 is 14.3 Å². The Bertz CT molecular complexity index is 460. The molecule has 4 nitrogen and oxygen atoms in total. The third kappa shape index (κ3) is 6.45. The number of carbonyl (C=O) groups excluding carboxylic acids is 1. The Morgan fingerprint density at radius 1 is 1.33 bits per heavy atom. The number of carbonyl (C=O) groups is 1. The molecule has 0 aliphatic carbocycles. The van der Waals surface area contributed by atoms with Gasteiger partial charge in [-0.15, -0.1) is 6.58 Å². The summed E-state index contributed by atoms with van der Waals surface area (Å²) in [5, 5.41) is 3.10. The Balaban J connectivity index is 2.71. The monoisotopic (exact) mass is 291 g/mol. The van der Waals surface area contributed by atoms with E-state index in [4.69, 9.17) is 9.47 Å². The van der Waals surface area contributed by atoms with Crippen molar-refractivity contribution in [1.29, 1.82) is 0 Å². The van der Waals surface area contributed by atoms with E-state index in [1.54, 1.807) is 6.08 Å². The second kappa shape index (κ2) is 7.84. The largest absolute Gasteiger partial charge is 0.488 e. The number of ether oxygens (including phenoxy) is 2. The fourth-order valence-electron chi connectivity index (χ4n) is 1.89. The smallest absolute Gasteiger partial charge is 0.323 e. The van der Waals surface area contributed by atoms with E-state index in [2.05, 4.69) is 11.9 Å². The summed E-state index contributed by atoms with van der Waals surface area (Å²) in [6.45, 7) is 10.2. The lowest BCUT2D eigenvalue weighted by atomic mass is 10.1. The highest BCUT2D eigenvalue weighted by molar-refractivity contribution is 5.76. The van der Waals surface area contributed by atoms with E-state index in [-0.39, 0.29) is 17.6 Å². The van der Waals surface area contributed by atoms with Crippen molar-refractivity contribution in [1.82, 2.24) is 5.32 Å². The zero-order valence-electron chi connectivity index (χ0n) is 13.3. The van der Waals surface area contributed by atoms with E-state index >= 15 is 0 Å². The van der Waals surface area contributed by atoms with Crippen LogP contribution in [0.5, 0.6) is 5.75 Å². The lowest BCUT2D eigenvalue weighted by Gasteiger charge is -2.21. The molecule has 0 saturated heterocycles. The molecule has 21 heavy (non-hydrogen) atoms. The highest BCUT2D eigenvalue weighted by Gasteiger charge is 2.18. The number of nitrogens with one attached hydrogen (secondary N) is 1. The van der Waals surface area contributed by atoms with Crippen LogP contribution >= 0.6 is 0 Å². The predicted molar refractivity (Wildman–Crippen MR) is 84.5 cm³/mol. The summed E-state index contributed by atoms with van der Waals surface area (Å²) in [4.78, 5) is 11.7. The molecule has 1 aromatic rings. The minimum Gasteiger partial charge on any atom is -0.488 e. The van der Waals surface area contributed by atoms with Crippen LogP contribution in [0, 0.1) is 0 Å². The van der Waals surface area contributed by atoms with Gasteiger partial charge in [-0.3, -0.25) is 4.79 Å². The molecule has 1 aromatic carbocycles. The second-order valence-corrected chi connectivity index (χ2v) is 5.84. The molecule has 1 N–H and O–H groups in total. The molecule has 0 amide bonds. The molecule has 1 atom stereocenters. The van der Waals surface area contributed by atoms with Crippen LogP contribution in [0.1, 0.15) is 26.3 Å². The van der Waals surface area contributed by atoms with Gasteiger partial charge in [0.25, 0.3) is 0 Å². The Hall–Kier alpha value is -1.81. The maximum Gasteiger partial charge on any atom is 0.323 e. The van der Waals surface area contributed by atoms with Gasteiger partial charge in [0, 0.05) is 6.54 Å². The highest BCUT2D eigenvalue weighted by Crippen LogP contribution is 2.19. The third-order valence-electron chi connectivity index (χ3n) is 2.78. The molecule has 116 valence electrons. The number of esters is 1. The SMILES string of the molecule is C=CCN[C@@H](Cc1ccc(OC(C)(C)C)cc1)C(=O)OC. The molecule has 0 radical (unpaired) electrons. The summed E-state index contributed by atoms with van der Waals surface area (Å²) in [7, 11) is 1.39. The van der Waals surface area contributed by atoms with Crippen LogP contribution < -0.4 is 10.1 Å². The Morgan fingerprint density at radius 3 is 2.43 bits per heavy atom. The summed E-state index contributed by atoms with van der Waals surface area (Å²) in [6.07, 6.45) is 2.28. The number of hydrogen-bond donors (Lipinski definition) is 1. The minimum atomic E-state index is -0.373. The Morgan fingerprint density at radius 2 is 1.95 bits per heavy atom. The van der Waals surface area contributed by atoms with E-state index in [9.17, 15) is 4.79 Å². The average molecular weight is 291 g/mol. The second-order valence-electron chi connectivity index (χ2n) is 5.84. The van der Waals surface area contributed by atoms with Gasteiger partial charge in [0.15, 0.2) is 0 Å². The zero-order chi connectivity index (χ0) is 15.9. The normalized spacial score (nSPS) is 12.6. The maximum absolute atomic E-state index is 11.7. The number of rotatable bonds is 7. The van der Waals surface area contributed by atoms with Gasteiger partial charge < -0.3 is 14.8 Å². The number of methoxy groups -OCH3 is 1. The van der Waals surface area contributed by atoms with Gasteiger partial charge in [0.05, 0.1) is 7.11 Å². The molecule has 4 heteroatoms. The third-order valence-corrected chi connectivity index (χ3v) is 2.78. The molecule has 1 rings (SSSR count). The van der Waals surface area contributed by atoms with Crippen molar-refractivity contribution in [2.75, 3.05) is 13.7 Å². The molecular weight excluding hydrogens is 266 g/mol. The molecule has 0 unspecified atom stereocenters. The molecule has 0 saturated carbocycles. The first-order chi connectivity index (χ1) is 9.85. The van der Waals surface area contributed by atoms with Gasteiger partial charge >= 0.3 is 5.97 Å².